The SMILES string of the molecule is CS(=O)(=O)N[C@H](CCc1ccccc1)C(=O)N1C[C@H](OCc2ccc(Cl)cc2)C[C@H]1C(=O)C[C@@H](Cc1ccc(N=C(N)N)cc1)C(=O)c1nc2ccccc2o1. The highest BCUT2D eigenvalue weighted by Gasteiger charge is 2.43. The molecule has 0 saturated carbocycles. The Balaban J connectivity index is 1.29. The maximum absolute atomic E-state index is 14.5. The molecular formula is C41H43ClN6O7S. The number of carbonyl (C=O) groups excluding carboxylic acids is 3. The molecule has 292 valence electrons. The predicted molar refractivity (Wildman–Crippen MR) is 214 cm³/mol. The average molecular weight is 799 g/mol. The minimum atomic E-state index is -3.83. The van der Waals surface area contributed by atoms with Crippen molar-refractivity contribution >= 4 is 61.8 Å². The molecule has 0 spiro atoms. The number of sulfonamides is 1. The van der Waals surface area contributed by atoms with Crippen molar-refractivity contribution in [3.8, 4) is 0 Å². The lowest BCUT2D eigenvalue weighted by Gasteiger charge is -2.29. The van der Waals surface area contributed by atoms with Crippen molar-refractivity contribution in [3.05, 3.63) is 131 Å². The maximum atomic E-state index is 14.5. The van der Waals surface area contributed by atoms with Crippen molar-refractivity contribution in [2.75, 3.05) is 12.8 Å². The van der Waals surface area contributed by atoms with Crippen molar-refractivity contribution in [2.24, 2.45) is 22.4 Å². The van der Waals surface area contributed by atoms with E-state index in [0.717, 1.165) is 22.9 Å². The summed E-state index contributed by atoms with van der Waals surface area (Å²) in [5.74, 6) is -2.59. The summed E-state index contributed by atoms with van der Waals surface area (Å²) in [5, 5.41) is 0.573. The van der Waals surface area contributed by atoms with Crippen molar-refractivity contribution in [2.45, 2.75) is 56.9 Å². The van der Waals surface area contributed by atoms with Gasteiger partial charge in [-0.1, -0.05) is 78.3 Å². The highest BCUT2D eigenvalue weighted by Crippen LogP contribution is 2.29. The number of hydrogen-bond acceptors (Lipinski definition) is 9. The van der Waals surface area contributed by atoms with E-state index in [2.05, 4.69) is 14.7 Å². The molecule has 13 nitrogen and oxygen atoms in total. The van der Waals surface area contributed by atoms with Gasteiger partial charge in [-0.25, -0.2) is 23.1 Å². The summed E-state index contributed by atoms with van der Waals surface area (Å²) in [6, 6.07) is 28.3. The molecule has 0 radical (unpaired) electrons. The molecule has 4 atom stereocenters. The molecule has 1 aromatic heterocycles. The number of benzene rings is 4. The van der Waals surface area contributed by atoms with Crippen molar-refractivity contribution in [1.29, 1.82) is 0 Å². The fraction of sp³-hybridized carbons (Fsp3) is 0.293. The summed E-state index contributed by atoms with van der Waals surface area (Å²) >= 11 is 6.07. The smallest absolute Gasteiger partial charge is 0.264 e. The Labute approximate surface area is 330 Å². The molecule has 6 rings (SSSR count). The summed E-state index contributed by atoms with van der Waals surface area (Å²) in [7, 11) is -3.83. The van der Waals surface area contributed by atoms with Gasteiger partial charge < -0.3 is 25.5 Å². The maximum Gasteiger partial charge on any atom is 0.264 e. The monoisotopic (exact) mass is 798 g/mol. The second-order valence-electron chi connectivity index (χ2n) is 13.9. The molecule has 1 amide bonds. The fourth-order valence-corrected chi connectivity index (χ4v) is 7.70. The number of fused-ring (bicyclic) bond motifs is 1. The quantitative estimate of drug-likeness (QED) is 0.0644. The van der Waals surface area contributed by atoms with Gasteiger partial charge in [-0.3, -0.25) is 14.4 Å². The number of hydrogen-bond donors (Lipinski definition) is 3. The number of nitrogens with zero attached hydrogens (tertiary/aromatic N) is 3. The number of Topliss-reactive ketones (excluding diaryl/α,β-unsaturated/α-hetero) is 2. The third-order valence-electron chi connectivity index (χ3n) is 9.54. The van der Waals surface area contributed by atoms with Gasteiger partial charge in [-0.2, -0.15) is 0 Å². The number of aromatic nitrogens is 1. The Morgan fingerprint density at radius 2 is 1.62 bits per heavy atom. The van der Waals surface area contributed by atoms with Crippen LogP contribution in [-0.4, -0.2) is 72.7 Å². The number of ether oxygens (including phenoxy) is 1. The zero-order valence-electron chi connectivity index (χ0n) is 30.7. The van der Waals surface area contributed by atoms with Crippen LogP contribution in [0.5, 0.6) is 0 Å². The van der Waals surface area contributed by atoms with Crippen LogP contribution in [0.2, 0.25) is 5.02 Å². The summed E-state index contributed by atoms with van der Waals surface area (Å²) in [4.78, 5) is 53.0. The Morgan fingerprint density at radius 1 is 0.946 bits per heavy atom. The number of para-hydroxylation sites is 2. The van der Waals surface area contributed by atoms with Crippen LogP contribution < -0.4 is 16.2 Å². The summed E-state index contributed by atoms with van der Waals surface area (Å²) in [6.07, 6.45) is 0.999. The van der Waals surface area contributed by atoms with E-state index in [9.17, 15) is 22.8 Å². The van der Waals surface area contributed by atoms with Crippen molar-refractivity contribution in [1.82, 2.24) is 14.6 Å². The number of aliphatic imine (C=N–C) groups is 1. The molecule has 1 fully saturated rings. The molecule has 2 heterocycles. The van der Waals surface area contributed by atoms with Crippen LogP contribution in [0.1, 0.15) is 46.6 Å². The fourth-order valence-electron chi connectivity index (χ4n) is 6.84. The van der Waals surface area contributed by atoms with E-state index in [1.54, 1.807) is 60.7 Å². The molecule has 15 heteroatoms. The number of nitrogens with two attached hydrogens (primary N) is 2. The standard InChI is InChI=1S/C41H43ClN6O7S/c1-56(52,53)47-34(20-15-26-7-3-2-4-8-26)40(51)48-24-32(54-25-28-11-16-30(42)17-12-28)23-35(48)36(49)22-29(21-27-13-18-31(19-14-27)45-41(43)44)38(50)39-46-33-9-5-6-10-37(33)55-39/h2-14,16-19,29,32,34-35,47H,15,20-25H2,1H3,(H4,43,44,45)/t29-,32-,34-,35+/m1/s1. The number of guanidine groups is 1. The molecule has 56 heavy (non-hydrogen) atoms. The molecule has 0 aliphatic carbocycles. The van der Waals surface area contributed by atoms with E-state index < -0.39 is 45.8 Å². The van der Waals surface area contributed by atoms with E-state index in [1.807, 2.05) is 42.5 Å². The van der Waals surface area contributed by atoms with Gasteiger partial charge in [-0.05, 0) is 72.4 Å². The number of rotatable bonds is 17. The van der Waals surface area contributed by atoms with Crippen LogP contribution in [0.3, 0.4) is 0 Å². The van der Waals surface area contributed by atoms with E-state index in [-0.39, 0.29) is 56.5 Å². The average Bonchev–Trinajstić information content (AvgIpc) is 3.81. The van der Waals surface area contributed by atoms with Crippen LogP contribution in [0.25, 0.3) is 11.1 Å². The molecule has 0 bridgehead atoms. The van der Waals surface area contributed by atoms with Crippen LogP contribution in [0.15, 0.2) is 113 Å². The van der Waals surface area contributed by atoms with Gasteiger partial charge in [0.05, 0.1) is 30.7 Å². The van der Waals surface area contributed by atoms with E-state index in [0.29, 0.717) is 28.2 Å². The Kier molecular flexibility index (Phi) is 13.0. The van der Waals surface area contributed by atoms with Gasteiger partial charge in [-0.15, -0.1) is 0 Å². The molecule has 1 saturated heterocycles. The van der Waals surface area contributed by atoms with Gasteiger partial charge in [0.15, 0.2) is 17.3 Å². The number of halogens is 1. The first-order chi connectivity index (χ1) is 26.8. The van der Waals surface area contributed by atoms with E-state index >= 15 is 0 Å². The number of carbonyl (C=O) groups is 3. The predicted octanol–water partition coefficient (Wildman–Crippen LogP) is 5.12. The Hall–Kier alpha value is -5.41. The Morgan fingerprint density at radius 3 is 2.30 bits per heavy atom. The lowest BCUT2D eigenvalue weighted by Crippen LogP contribution is -2.52. The van der Waals surface area contributed by atoms with Crippen LogP contribution >= 0.6 is 11.6 Å². The number of amides is 1. The first kappa shape index (κ1) is 40.3. The number of likely N-dealkylation sites (tertiary alicyclic amines) is 1. The highest BCUT2D eigenvalue weighted by atomic mass is 35.5. The molecular weight excluding hydrogens is 756 g/mol. The summed E-state index contributed by atoms with van der Waals surface area (Å²) < 4.78 is 39.7. The van der Waals surface area contributed by atoms with E-state index in [4.69, 9.17) is 32.2 Å². The van der Waals surface area contributed by atoms with Gasteiger partial charge in [0.2, 0.25) is 21.7 Å². The largest absolute Gasteiger partial charge is 0.434 e. The van der Waals surface area contributed by atoms with Gasteiger partial charge in [0.1, 0.15) is 11.6 Å². The van der Waals surface area contributed by atoms with Gasteiger partial charge in [0.25, 0.3) is 5.89 Å². The molecule has 1 aliphatic rings. The number of oxazole rings is 1. The first-order valence-corrected chi connectivity index (χ1v) is 20.4. The minimum Gasteiger partial charge on any atom is -0.434 e. The first-order valence-electron chi connectivity index (χ1n) is 18.1. The zero-order chi connectivity index (χ0) is 39.8. The lowest BCUT2D eigenvalue weighted by atomic mass is 9.88. The Bertz CT molecular complexity index is 2260. The van der Waals surface area contributed by atoms with Crippen LogP contribution in [0, 0.1) is 5.92 Å². The summed E-state index contributed by atoms with van der Waals surface area (Å²) in [5.41, 5.74) is 15.0. The second kappa shape index (κ2) is 18.0. The molecule has 0 unspecified atom stereocenters. The molecule has 5 aromatic rings. The summed E-state index contributed by atoms with van der Waals surface area (Å²) in [6.45, 7) is 0.227. The highest BCUT2D eigenvalue weighted by molar-refractivity contribution is 7.88. The molecule has 5 N–H and O–H groups in total. The van der Waals surface area contributed by atoms with Crippen LogP contribution in [0.4, 0.5) is 5.69 Å². The zero-order valence-corrected chi connectivity index (χ0v) is 32.3. The number of nitrogens with one attached hydrogen (secondary N) is 1. The number of aryl methyl sites for hydroxylation is 1. The van der Waals surface area contributed by atoms with E-state index in [1.165, 1.54) is 4.90 Å². The minimum absolute atomic E-state index is 0.0338. The second-order valence-corrected chi connectivity index (χ2v) is 16.1. The third kappa shape index (κ3) is 10.9. The topological polar surface area (TPSA) is 200 Å². The normalized spacial score (nSPS) is 16.7. The lowest BCUT2D eigenvalue weighted by molar-refractivity contribution is -0.139. The third-order valence-corrected chi connectivity index (χ3v) is 10.5. The number of ketones is 2. The van der Waals surface area contributed by atoms with Gasteiger partial charge in [0, 0.05) is 30.3 Å². The van der Waals surface area contributed by atoms with Crippen molar-refractivity contribution in [3.63, 3.8) is 0 Å². The van der Waals surface area contributed by atoms with Crippen molar-refractivity contribution < 1.29 is 32.0 Å². The molecule has 1 aliphatic heterocycles. The van der Waals surface area contributed by atoms with Gasteiger partial charge >= 0.3 is 0 Å². The van der Waals surface area contributed by atoms with Crippen LogP contribution in [-0.2, 0) is 43.8 Å². The molecule has 4 aromatic carbocycles.